The van der Waals surface area contributed by atoms with Crippen LogP contribution in [0.1, 0.15) is 5.69 Å². The third-order valence-corrected chi connectivity index (χ3v) is 3.35. The SMILES string of the molecule is Cc1nc2ccccn2c1-c1ccc(Br)cc1. The number of hydrogen-bond acceptors (Lipinski definition) is 1. The minimum Gasteiger partial charge on any atom is -0.299 e. The molecule has 17 heavy (non-hydrogen) atoms. The van der Waals surface area contributed by atoms with Gasteiger partial charge in [-0.25, -0.2) is 4.98 Å². The number of pyridine rings is 1. The van der Waals surface area contributed by atoms with Gasteiger partial charge in [-0.15, -0.1) is 0 Å². The van der Waals surface area contributed by atoms with Gasteiger partial charge in [0.05, 0.1) is 11.4 Å². The molecule has 84 valence electrons. The zero-order valence-corrected chi connectivity index (χ0v) is 11.0. The Balaban J connectivity index is 2.29. The maximum Gasteiger partial charge on any atom is 0.137 e. The van der Waals surface area contributed by atoms with E-state index in [-0.39, 0.29) is 0 Å². The van der Waals surface area contributed by atoms with Crippen LogP contribution in [0.5, 0.6) is 0 Å². The molecule has 2 heterocycles. The van der Waals surface area contributed by atoms with Crippen LogP contribution < -0.4 is 0 Å². The minimum absolute atomic E-state index is 0.989. The van der Waals surface area contributed by atoms with Crippen molar-refractivity contribution in [1.29, 1.82) is 0 Å². The molecule has 0 N–H and O–H groups in total. The van der Waals surface area contributed by atoms with Crippen LogP contribution in [0.2, 0.25) is 0 Å². The Labute approximate surface area is 108 Å². The smallest absolute Gasteiger partial charge is 0.137 e. The van der Waals surface area contributed by atoms with Gasteiger partial charge in [0.1, 0.15) is 5.65 Å². The highest BCUT2D eigenvalue weighted by molar-refractivity contribution is 9.10. The molecule has 2 aromatic heterocycles. The van der Waals surface area contributed by atoms with E-state index in [2.05, 4.69) is 49.6 Å². The first kappa shape index (κ1) is 10.5. The molecule has 3 rings (SSSR count). The van der Waals surface area contributed by atoms with Crippen molar-refractivity contribution in [2.45, 2.75) is 6.92 Å². The molecule has 3 heteroatoms. The lowest BCUT2D eigenvalue weighted by Crippen LogP contribution is -1.88. The van der Waals surface area contributed by atoms with Crippen molar-refractivity contribution in [2.24, 2.45) is 0 Å². The number of rotatable bonds is 1. The topological polar surface area (TPSA) is 17.3 Å². The molecule has 0 radical (unpaired) electrons. The summed E-state index contributed by atoms with van der Waals surface area (Å²) in [4.78, 5) is 4.56. The number of nitrogens with zero attached hydrogens (tertiary/aromatic N) is 2. The summed E-state index contributed by atoms with van der Waals surface area (Å²) in [6, 6.07) is 14.4. The van der Waals surface area contributed by atoms with Crippen molar-refractivity contribution in [3.8, 4) is 11.3 Å². The van der Waals surface area contributed by atoms with E-state index in [0.717, 1.165) is 21.5 Å². The standard InChI is InChI=1S/C14H11BrN2/c1-10-14(11-5-7-12(15)8-6-11)17-9-3-2-4-13(17)16-10/h2-9H,1H3. The number of aromatic nitrogens is 2. The molecule has 0 saturated carbocycles. The van der Waals surface area contributed by atoms with E-state index in [4.69, 9.17) is 0 Å². The van der Waals surface area contributed by atoms with Gasteiger partial charge >= 0.3 is 0 Å². The van der Waals surface area contributed by atoms with E-state index in [9.17, 15) is 0 Å². The number of imidazole rings is 1. The average Bonchev–Trinajstić information content (AvgIpc) is 2.66. The second kappa shape index (κ2) is 4.00. The molecule has 0 saturated heterocycles. The second-order valence-corrected chi connectivity index (χ2v) is 4.90. The Bertz CT molecular complexity index is 668. The fourth-order valence-electron chi connectivity index (χ4n) is 2.07. The molecule has 0 fully saturated rings. The third-order valence-electron chi connectivity index (χ3n) is 2.82. The Morgan fingerprint density at radius 2 is 1.82 bits per heavy atom. The van der Waals surface area contributed by atoms with Gasteiger partial charge in [0.15, 0.2) is 0 Å². The van der Waals surface area contributed by atoms with Crippen molar-refractivity contribution in [1.82, 2.24) is 9.38 Å². The summed E-state index contributed by atoms with van der Waals surface area (Å²) in [7, 11) is 0. The van der Waals surface area contributed by atoms with E-state index < -0.39 is 0 Å². The lowest BCUT2D eigenvalue weighted by atomic mass is 10.1. The monoisotopic (exact) mass is 286 g/mol. The van der Waals surface area contributed by atoms with Crippen LogP contribution in [0, 0.1) is 6.92 Å². The summed E-state index contributed by atoms with van der Waals surface area (Å²) >= 11 is 3.45. The van der Waals surface area contributed by atoms with Crippen LogP contribution >= 0.6 is 15.9 Å². The van der Waals surface area contributed by atoms with Gasteiger partial charge in [-0.3, -0.25) is 4.40 Å². The molecule has 0 spiro atoms. The van der Waals surface area contributed by atoms with E-state index in [1.807, 2.05) is 31.3 Å². The van der Waals surface area contributed by atoms with Crippen LogP contribution in [0.25, 0.3) is 16.9 Å². The number of hydrogen-bond donors (Lipinski definition) is 0. The van der Waals surface area contributed by atoms with Crippen molar-refractivity contribution in [3.05, 3.63) is 58.8 Å². The van der Waals surface area contributed by atoms with Crippen LogP contribution in [0.4, 0.5) is 0 Å². The van der Waals surface area contributed by atoms with Crippen molar-refractivity contribution in [2.75, 3.05) is 0 Å². The molecule has 0 atom stereocenters. The minimum atomic E-state index is 0.989. The fraction of sp³-hybridized carbons (Fsp3) is 0.0714. The maximum atomic E-state index is 4.56. The van der Waals surface area contributed by atoms with Crippen LogP contribution in [-0.4, -0.2) is 9.38 Å². The lowest BCUT2D eigenvalue weighted by Gasteiger charge is -2.03. The second-order valence-electron chi connectivity index (χ2n) is 3.98. The van der Waals surface area contributed by atoms with Gasteiger partial charge in [0.25, 0.3) is 0 Å². The van der Waals surface area contributed by atoms with Crippen LogP contribution in [-0.2, 0) is 0 Å². The first-order valence-corrected chi connectivity index (χ1v) is 6.24. The Morgan fingerprint density at radius 1 is 1.06 bits per heavy atom. The van der Waals surface area contributed by atoms with Gasteiger partial charge in [0, 0.05) is 16.2 Å². The Kier molecular flexibility index (Phi) is 2.48. The molecular weight excluding hydrogens is 276 g/mol. The highest BCUT2D eigenvalue weighted by Gasteiger charge is 2.09. The van der Waals surface area contributed by atoms with Crippen molar-refractivity contribution >= 4 is 21.6 Å². The largest absolute Gasteiger partial charge is 0.299 e. The molecule has 3 aromatic rings. The molecule has 0 unspecified atom stereocenters. The highest BCUT2D eigenvalue weighted by Crippen LogP contribution is 2.25. The molecule has 0 amide bonds. The normalized spacial score (nSPS) is 10.9. The summed E-state index contributed by atoms with van der Waals surface area (Å²) < 4.78 is 3.21. The number of benzene rings is 1. The van der Waals surface area contributed by atoms with Gasteiger partial charge in [0.2, 0.25) is 0 Å². The number of fused-ring (bicyclic) bond motifs is 1. The number of halogens is 1. The molecule has 0 aliphatic heterocycles. The van der Waals surface area contributed by atoms with Gasteiger partial charge < -0.3 is 0 Å². The van der Waals surface area contributed by atoms with Crippen LogP contribution in [0.3, 0.4) is 0 Å². The Morgan fingerprint density at radius 3 is 2.59 bits per heavy atom. The van der Waals surface area contributed by atoms with Gasteiger partial charge in [-0.05, 0) is 31.2 Å². The predicted molar refractivity (Wildman–Crippen MR) is 73.1 cm³/mol. The molecule has 0 aliphatic carbocycles. The zero-order chi connectivity index (χ0) is 11.8. The van der Waals surface area contributed by atoms with Crippen LogP contribution in [0.15, 0.2) is 53.1 Å². The molecule has 0 bridgehead atoms. The first-order chi connectivity index (χ1) is 8.25. The quantitative estimate of drug-likeness (QED) is 0.659. The van der Waals surface area contributed by atoms with Crippen molar-refractivity contribution in [3.63, 3.8) is 0 Å². The summed E-state index contributed by atoms with van der Waals surface area (Å²) in [5.41, 5.74) is 4.39. The lowest BCUT2D eigenvalue weighted by molar-refractivity contribution is 1.19. The molecule has 0 aliphatic rings. The summed E-state index contributed by atoms with van der Waals surface area (Å²) in [5.74, 6) is 0. The molecule has 2 nitrogen and oxygen atoms in total. The average molecular weight is 287 g/mol. The van der Waals surface area contributed by atoms with E-state index >= 15 is 0 Å². The summed E-state index contributed by atoms with van der Waals surface area (Å²) in [5, 5.41) is 0. The highest BCUT2D eigenvalue weighted by atomic mass is 79.9. The zero-order valence-electron chi connectivity index (χ0n) is 9.39. The van der Waals surface area contributed by atoms with Gasteiger partial charge in [-0.1, -0.05) is 34.1 Å². The maximum absolute atomic E-state index is 4.56. The number of aryl methyl sites for hydroxylation is 1. The molecular formula is C14H11BrN2. The summed E-state index contributed by atoms with van der Waals surface area (Å²) in [6.07, 6.45) is 2.05. The molecule has 1 aromatic carbocycles. The van der Waals surface area contributed by atoms with E-state index in [0.29, 0.717) is 0 Å². The fourth-order valence-corrected chi connectivity index (χ4v) is 2.33. The van der Waals surface area contributed by atoms with E-state index in [1.165, 1.54) is 5.56 Å². The van der Waals surface area contributed by atoms with Crippen molar-refractivity contribution < 1.29 is 0 Å². The predicted octanol–water partition coefficient (Wildman–Crippen LogP) is 4.07. The van der Waals surface area contributed by atoms with E-state index in [1.54, 1.807) is 0 Å². The summed E-state index contributed by atoms with van der Waals surface area (Å²) in [6.45, 7) is 2.05. The Hall–Kier alpha value is -1.61. The van der Waals surface area contributed by atoms with Gasteiger partial charge in [-0.2, -0.15) is 0 Å². The third kappa shape index (κ3) is 1.76. The first-order valence-electron chi connectivity index (χ1n) is 5.45.